The van der Waals surface area contributed by atoms with Gasteiger partial charge in [-0.15, -0.1) is 0 Å². The van der Waals surface area contributed by atoms with Crippen molar-refractivity contribution in [3.05, 3.63) is 107 Å². The third-order valence-corrected chi connectivity index (χ3v) is 10.1. The van der Waals surface area contributed by atoms with E-state index < -0.39 is 9.84 Å². The van der Waals surface area contributed by atoms with E-state index in [1.54, 1.807) is 18.2 Å². The highest BCUT2D eigenvalue weighted by Crippen LogP contribution is 2.47. The predicted octanol–water partition coefficient (Wildman–Crippen LogP) is 6.16. The number of sulfone groups is 1. The fourth-order valence-electron chi connectivity index (χ4n) is 4.89. The van der Waals surface area contributed by atoms with Crippen molar-refractivity contribution in [2.24, 2.45) is 7.05 Å². The van der Waals surface area contributed by atoms with Gasteiger partial charge in [0, 0.05) is 29.9 Å². The molecule has 1 aliphatic rings. The van der Waals surface area contributed by atoms with Gasteiger partial charge in [-0.1, -0.05) is 73.2 Å². The van der Waals surface area contributed by atoms with E-state index in [1.807, 2.05) is 74.1 Å². The molecule has 0 saturated carbocycles. The molecule has 3 aromatic carbocycles. The molecule has 0 N–H and O–H groups in total. The van der Waals surface area contributed by atoms with Crippen LogP contribution in [0.25, 0.3) is 15.1 Å². The second kappa shape index (κ2) is 8.47. The van der Waals surface area contributed by atoms with E-state index >= 15 is 0 Å². The zero-order valence-electron chi connectivity index (χ0n) is 20.6. The maximum atomic E-state index is 14.0. The molecule has 0 amide bonds. The maximum absolute atomic E-state index is 14.0. The summed E-state index contributed by atoms with van der Waals surface area (Å²) in [5, 5.41) is 0.708. The first-order valence-corrected chi connectivity index (χ1v) is 13.9. The Hall–Kier alpha value is -3.22. The second-order valence-electron chi connectivity index (χ2n) is 9.53. The van der Waals surface area contributed by atoms with E-state index in [-0.39, 0.29) is 5.41 Å². The Morgan fingerprint density at radius 1 is 0.971 bits per heavy atom. The smallest absolute Gasteiger partial charge is 0.281 e. The molecule has 0 unspecified atom stereocenters. The van der Waals surface area contributed by atoms with Gasteiger partial charge < -0.3 is 4.90 Å². The number of allylic oxidation sites excluding steroid dienone is 3. The fraction of sp³-hybridized carbons (Fsp3) is 0.207. The van der Waals surface area contributed by atoms with Gasteiger partial charge >= 0.3 is 0 Å². The number of nitrogens with zero attached hydrogens (tertiary/aromatic N) is 2. The minimum atomic E-state index is -3.77. The van der Waals surface area contributed by atoms with Crippen molar-refractivity contribution < 1.29 is 13.0 Å². The number of hydrogen-bond donors (Lipinski definition) is 0. The Labute approximate surface area is 211 Å². The van der Waals surface area contributed by atoms with Crippen LogP contribution in [0.15, 0.2) is 95.5 Å². The van der Waals surface area contributed by atoms with Gasteiger partial charge in [-0.05, 0) is 48.9 Å². The van der Waals surface area contributed by atoms with Crippen LogP contribution in [0, 0.1) is 6.92 Å². The number of fused-ring (bicyclic) bond motifs is 2. The number of aromatic nitrogens is 1. The van der Waals surface area contributed by atoms with Crippen molar-refractivity contribution in [1.82, 2.24) is 0 Å². The van der Waals surface area contributed by atoms with E-state index in [1.165, 1.54) is 16.9 Å². The lowest BCUT2D eigenvalue weighted by atomic mass is 9.84. The Morgan fingerprint density at radius 3 is 2.31 bits per heavy atom. The second-order valence-corrected chi connectivity index (χ2v) is 12.5. The molecule has 6 heteroatoms. The summed E-state index contributed by atoms with van der Waals surface area (Å²) >= 11 is 1.50. The van der Waals surface area contributed by atoms with E-state index in [0.717, 1.165) is 27.2 Å². The number of hydrogen-bond acceptors (Lipinski definition) is 4. The molecule has 1 aromatic heterocycles. The molecule has 0 atom stereocenters. The average molecular weight is 502 g/mol. The Kier molecular flexibility index (Phi) is 5.69. The summed E-state index contributed by atoms with van der Waals surface area (Å²) in [5.41, 5.74) is 5.22. The van der Waals surface area contributed by atoms with Crippen LogP contribution in [0.5, 0.6) is 0 Å². The van der Waals surface area contributed by atoms with E-state index in [9.17, 15) is 8.42 Å². The summed E-state index contributed by atoms with van der Waals surface area (Å²) in [5.74, 6) is 0. The van der Waals surface area contributed by atoms with Crippen LogP contribution in [0.4, 0.5) is 5.69 Å². The Morgan fingerprint density at radius 2 is 1.63 bits per heavy atom. The highest BCUT2D eigenvalue weighted by molar-refractivity contribution is 8.00. The first-order chi connectivity index (χ1) is 16.6. The molecule has 0 fully saturated rings. The molecule has 4 aromatic rings. The normalized spacial score (nSPS) is 16.8. The third-order valence-electron chi connectivity index (χ3n) is 6.90. The molecule has 0 bridgehead atoms. The lowest BCUT2D eigenvalue weighted by molar-refractivity contribution is -0.642. The van der Waals surface area contributed by atoms with Crippen molar-refractivity contribution >= 4 is 42.0 Å². The Balaban J connectivity index is 1.73. The summed E-state index contributed by atoms with van der Waals surface area (Å²) < 4.78 is 31.1. The number of likely N-dealkylation sites (N-methyl/N-ethyl adjacent to an activating group) is 1. The van der Waals surface area contributed by atoms with E-state index in [4.69, 9.17) is 0 Å². The molecule has 1 aliphatic heterocycles. The number of benzene rings is 3. The average Bonchev–Trinajstić information content (AvgIpc) is 3.26. The number of para-hydroxylation sites is 2. The topological polar surface area (TPSA) is 41.3 Å². The van der Waals surface area contributed by atoms with Gasteiger partial charge in [0.25, 0.3) is 5.01 Å². The largest absolute Gasteiger partial charge is 0.347 e. The third kappa shape index (κ3) is 3.81. The van der Waals surface area contributed by atoms with Crippen LogP contribution in [-0.2, 0) is 22.3 Å². The maximum Gasteiger partial charge on any atom is 0.281 e. The van der Waals surface area contributed by atoms with Crippen LogP contribution in [-0.4, -0.2) is 15.5 Å². The van der Waals surface area contributed by atoms with Crippen molar-refractivity contribution in [3.63, 3.8) is 0 Å². The van der Waals surface area contributed by atoms with Crippen LogP contribution >= 0.6 is 11.3 Å². The summed E-state index contributed by atoms with van der Waals surface area (Å²) in [7, 11) is 0.207. The summed E-state index contributed by atoms with van der Waals surface area (Å²) in [6.45, 7) is 6.32. The molecular formula is C29H29N2O2S2+. The van der Waals surface area contributed by atoms with Gasteiger partial charge in [0.2, 0.25) is 15.4 Å². The van der Waals surface area contributed by atoms with Crippen LogP contribution in [0.2, 0.25) is 0 Å². The molecule has 5 rings (SSSR count). The lowest BCUT2D eigenvalue weighted by Gasteiger charge is -2.23. The van der Waals surface area contributed by atoms with E-state index in [2.05, 4.69) is 36.9 Å². The molecule has 4 nitrogen and oxygen atoms in total. The van der Waals surface area contributed by atoms with E-state index in [0.29, 0.717) is 14.8 Å². The molecule has 2 heterocycles. The molecule has 0 aliphatic carbocycles. The van der Waals surface area contributed by atoms with Crippen molar-refractivity contribution in [3.8, 4) is 0 Å². The van der Waals surface area contributed by atoms with Gasteiger partial charge in [0.1, 0.15) is 11.7 Å². The monoisotopic (exact) mass is 501 g/mol. The Bertz CT molecular complexity index is 1610. The molecular weight excluding hydrogens is 472 g/mol. The lowest BCUT2D eigenvalue weighted by Crippen LogP contribution is -2.31. The summed E-state index contributed by atoms with van der Waals surface area (Å²) in [6, 6.07) is 23.4. The standard InChI is InChI=1S/C29H29N2O2S2/c1-20-14-16-21(17-15-20)35(32,33)26(28-31(5)24-12-8-9-13-25(24)34-28)18-19-27-29(2,3)22-10-6-7-11-23(22)30(27)4/h6-19H,1-5H3/q+1. The zero-order valence-corrected chi connectivity index (χ0v) is 22.2. The number of aryl methyl sites for hydroxylation is 2. The molecule has 0 spiro atoms. The van der Waals surface area contributed by atoms with Crippen molar-refractivity contribution in [1.29, 1.82) is 0 Å². The number of thiazole rings is 1. The van der Waals surface area contributed by atoms with Crippen LogP contribution in [0.1, 0.15) is 30.0 Å². The van der Waals surface area contributed by atoms with Gasteiger partial charge in [0.15, 0.2) is 4.91 Å². The van der Waals surface area contributed by atoms with Gasteiger partial charge in [-0.25, -0.2) is 8.42 Å². The highest BCUT2D eigenvalue weighted by Gasteiger charge is 2.38. The highest BCUT2D eigenvalue weighted by atomic mass is 32.2. The molecule has 0 radical (unpaired) electrons. The summed E-state index contributed by atoms with van der Waals surface area (Å²) in [4.78, 5) is 2.76. The van der Waals surface area contributed by atoms with Crippen molar-refractivity contribution in [2.75, 3.05) is 11.9 Å². The van der Waals surface area contributed by atoms with Crippen LogP contribution in [0.3, 0.4) is 0 Å². The minimum Gasteiger partial charge on any atom is -0.347 e. The van der Waals surface area contributed by atoms with Crippen molar-refractivity contribution in [2.45, 2.75) is 31.1 Å². The molecule has 35 heavy (non-hydrogen) atoms. The van der Waals surface area contributed by atoms with Crippen LogP contribution < -0.4 is 9.47 Å². The van der Waals surface area contributed by atoms with Gasteiger partial charge in [-0.3, -0.25) is 0 Å². The predicted molar refractivity (Wildman–Crippen MR) is 145 cm³/mol. The zero-order chi connectivity index (χ0) is 25.0. The van der Waals surface area contributed by atoms with Gasteiger partial charge in [-0.2, -0.15) is 4.57 Å². The molecule has 178 valence electrons. The molecule has 0 saturated heterocycles. The summed E-state index contributed by atoms with van der Waals surface area (Å²) in [6.07, 6.45) is 3.77. The first-order valence-electron chi connectivity index (χ1n) is 11.6. The SMILES string of the molecule is Cc1ccc(S(=O)(=O)C(=CC=C2N(C)c3ccccc3C2(C)C)c2sc3ccccc3[n+]2C)cc1. The fourth-order valence-corrected chi connectivity index (χ4v) is 7.78. The minimum absolute atomic E-state index is 0.247. The van der Waals surface area contributed by atoms with Gasteiger partial charge in [0.05, 0.1) is 4.90 Å². The quantitative estimate of drug-likeness (QED) is 0.315. The first kappa shape index (κ1) is 23.5. The number of anilines is 1. The number of rotatable bonds is 4.